The average molecular weight is 183 g/mol. The molecule has 2 aliphatic rings. The van der Waals surface area contributed by atoms with E-state index in [9.17, 15) is 0 Å². The molecule has 0 aromatic heterocycles. The first-order chi connectivity index (χ1) is 6.35. The molecule has 76 valence electrons. The maximum Gasteiger partial charge on any atom is 0.0732 e. The molecular formula is C11H21NO. The molecule has 1 aliphatic carbocycles. The summed E-state index contributed by atoms with van der Waals surface area (Å²) in [6, 6.07) is 0. The minimum absolute atomic E-state index is 0.268. The van der Waals surface area contributed by atoms with E-state index in [1.54, 1.807) is 0 Å². The second-order valence-corrected chi connectivity index (χ2v) is 4.63. The molecule has 1 unspecified atom stereocenters. The summed E-state index contributed by atoms with van der Waals surface area (Å²) in [5.74, 6) is 0. The summed E-state index contributed by atoms with van der Waals surface area (Å²) >= 11 is 0. The smallest absolute Gasteiger partial charge is 0.0732 e. The molecule has 2 rings (SSSR count). The Kier molecular flexibility index (Phi) is 2.89. The summed E-state index contributed by atoms with van der Waals surface area (Å²) in [6.07, 6.45) is 11.1. The Morgan fingerprint density at radius 2 is 1.62 bits per heavy atom. The van der Waals surface area contributed by atoms with Crippen molar-refractivity contribution in [3.8, 4) is 0 Å². The average Bonchev–Trinajstić information content (AvgIpc) is 2.01. The minimum atomic E-state index is 0.268. The summed E-state index contributed by atoms with van der Waals surface area (Å²) in [5.41, 5.74) is 5.84. The van der Waals surface area contributed by atoms with Gasteiger partial charge >= 0.3 is 0 Å². The molecule has 2 N–H and O–H groups in total. The second kappa shape index (κ2) is 3.97. The maximum atomic E-state index is 5.93. The van der Waals surface area contributed by atoms with E-state index in [-0.39, 0.29) is 5.60 Å². The van der Waals surface area contributed by atoms with Gasteiger partial charge in [-0.05, 0) is 12.8 Å². The van der Waals surface area contributed by atoms with Crippen molar-refractivity contribution in [2.24, 2.45) is 5.73 Å². The van der Waals surface area contributed by atoms with Crippen molar-refractivity contribution in [2.75, 3.05) is 6.54 Å². The van der Waals surface area contributed by atoms with Crippen molar-refractivity contribution in [1.82, 2.24) is 0 Å². The van der Waals surface area contributed by atoms with Gasteiger partial charge in [-0.25, -0.2) is 0 Å². The van der Waals surface area contributed by atoms with Crippen LogP contribution in [0.5, 0.6) is 0 Å². The summed E-state index contributed by atoms with van der Waals surface area (Å²) in [6.45, 7) is 0.710. The molecule has 1 saturated heterocycles. The van der Waals surface area contributed by atoms with Crippen LogP contribution in [0.3, 0.4) is 0 Å². The fraction of sp³-hybridized carbons (Fsp3) is 1.00. The lowest BCUT2D eigenvalue weighted by Crippen LogP contribution is -2.53. The Hall–Kier alpha value is -0.0800. The summed E-state index contributed by atoms with van der Waals surface area (Å²) in [7, 11) is 0. The fourth-order valence-corrected chi connectivity index (χ4v) is 2.76. The first-order valence-corrected chi connectivity index (χ1v) is 5.73. The topological polar surface area (TPSA) is 35.2 Å². The molecule has 2 heteroatoms. The van der Waals surface area contributed by atoms with Crippen LogP contribution in [0.4, 0.5) is 0 Å². The van der Waals surface area contributed by atoms with E-state index in [0.29, 0.717) is 12.6 Å². The molecule has 0 aromatic carbocycles. The summed E-state index contributed by atoms with van der Waals surface area (Å²) in [5, 5.41) is 0. The summed E-state index contributed by atoms with van der Waals surface area (Å²) in [4.78, 5) is 0. The molecule has 1 atom stereocenters. The van der Waals surface area contributed by atoms with E-state index in [0.717, 1.165) is 0 Å². The number of hydrogen-bond donors (Lipinski definition) is 1. The first kappa shape index (κ1) is 9.47. The van der Waals surface area contributed by atoms with Gasteiger partial charge in [-0.3, -0.25) is 0 Å². The highest BCUT2D eigenvalue weighted by molar-refractivity contribution is 4.94. The molecule has 1 heterocycles. The zero-order chi connectivity index (χ0) is 9.15. The number of rotatable bonds is 1. The second-order valence-electron chi connectivity index (χ2n) is 4.63. The van der Waals surface area contributed by atoms with Gasteiger partial charge in [0.1, 0.15) is 0 Å². The maximum absolute atomic E-state index is 5.93. The first-order valence-electron chi connectivity index (χ1n) is 5.73. The van der Waals surface area contributed by atoms with E-state index in [1.165, 1.54) is 51.4 Å². The number of nitrogens with two attached hydrogens (primary N) is 1. The number of hydrogen-bond acceptors (Lipinski definition) is 2. The predicted octanol–water partition coefficient (Wildman–Crippen LogP) is 2.22. The SMILES string of the molecule is NCC1CC2(CCCCCCC2)O1. The molecule has 2 nitrogen and oxygen atoms in total. The zero-order valence-electron chi connectivity index (χ0n) is 8.43. The van der Waals surface area contributed by atoms with Gasteiger partial charge in [0.05, 0.1) is 11.7 Å². The standard InChI is InChI=1S/C11H21NO/c12-9-10-8-11(13-10)6-4-2-1-3-5-7-11/h10H,1-9,12H2. The van der Waals surface area contributed by atoms with Gasteiger partial charge in [0.2, 0.25) is 0 Å². The van der Waals surface area contributed by atoms with Crippen molar-refractivity contribution in [1.29, 1.82) is 0 Å². The fourth-order valence-electron chi connectivity index (χ4n) is 2.76. The highest BCUT2D eigenvalue weighted by Gasteiger charge is 2.43. The van der Waals surface area contributed by atoms with Crippen molar-refractivity contribution in [2.45, 2.75) is 63.1 Å². The predicted molar refractivity (Wildman–Crippen MR) is 53.6 cm³/mol. The lowest BCUT2D eigenvalue weighted by atomic mass is 9.78. The van der Waals surface area contributed by atoms with Gasteiger partial charge in [-0.15, -0.1) is 0 Å². The molecule has 0 radical (unpaired) electrons. The largest absolute Gasteiger partial charge is 0.370 e. The third-order valence-corrected chi connectivity index (χ3v) is 3.54. The highest BCUT2D eigenvalue weighted by Crippen LogP contribution is 2.42. The Morgan fingerprint density at radius 3 is 2.15 bits per heavy atom. The van der Waals surface area contributed by atoms with Crippen molar-refractivity contribution < 1.29 is 4.74 Å². The van der Waals surface area contributed by atoms with E-state index >= 15 is 0 Å². The molecule has 13 heavy (non-hydrogen) atoms. The lowest BCUT2D eigenvalue weighted by Gasteiger charge is -2.49. The molecule has 0 bridgehead atoms. The molecule has 1 aliphatic heterocycles. The molecule has 2 fully saturated rings. The van der Waals surface area contributed by atoms with E-state index in [4.69, 9.17) is 10.5 Å². The van der Waals surface area contributed by atoms with Crippen LogP contribution in [-0.2, 0) is 4.74 Å². The van der Waals surface area contributed by atoms with Gasteiger partial charge in [-0.1, -0.05) is 32.1 Å². The van der Waals surface area contributed by atoms with Crippen LogP contribution >= 0.6 is 0 Å². The van der Waals surface area contributed by atoms with Gasteiger partial charge < -0.3 is 10.5 Å². The monoisotopic (exact) mass is 183 g/mol. The van der Waals surface area contributed by atoms with Crippen LogP contribution in [0.25, 0.3) is 0 Å². The molecule has 1 spiro atoms. The highest BCUT2D eigenvalue weighted by atomic mass is 16.5. The van der Waals surface area contributed by atoms with Crippen LogP contribution in [0.15, 0.2) is 0 Å². The molecule has 1 saturated carbocycles. The van der Waals surface area contributed by atoms with Crippen molar-refractivity contribution in [3.05, 3.63) is 0 Å². The van der Waals surface area contributed by atoms with E-state index in [1.807, 2.05) is 0 Å². The van der Waals surface area contributed by atoms with Crippen LogP contribution in [0.2, 0.25) is 0 Å². The van der Waals surface area contributed by atoms with Gasteiger partial charge in [0.25, 0.3) is 0 Å². The lowest BCUT2D eigenvalue weighted by molar-refractivity contribution is -0.210. The van der Waals surface area contributed by atoms with Crippen LogP contribution in [0, 0.1) is 0 Å². The van der Waals surface area contributed by atoms with Crippen molar-refractivity contribution >= 4 is 0 Å². The Morgan fingerprint density at radius 1 is 1.08 bits per heavy atom. The normalized spacial score (nSPS) is 33.5. The van der Waals surface area contributed by atoms with E-state index in [2.05, 4.69) is 0 Å². The van der Waals surface area contributed by atoms with Crippen LogP contribution in [-0.4, -0.2) is 18.2 Å². The Labute approximate surface area is 80.8 Å². The van der Waals surface area contributed by atoms with Gasteiger partial charge in [0.15, 0.2) is 0 Å². The zero-order valence-corrected chi connectivity index (χ0v) is 8.43. The molecule has 0 aromatic rings. The van der Waals surface area contributed by atoms with Crippen LogP contribution < -0.4 is 5.73 Å². The van der Waals surface area contributed by atoms with Crippen LogP contribution in [0.1, 0.15) is 51.4 Å². The number of ether oxygens (including phenoxy) is 1. The Bertz CT molecular complexity index is 146. The quantitative estimate of drug-likeness (QED) is 0.676. The third kappa shape index (κ3) is 2.05. The Balaban J connectivity index is 1.83. The molecule has 0 amide bonds. The van der Waals surface area contributed by atoms with E-state index < -0.39 is 0 Å². The molecular weight excluding hydrogens is 162 g/mol. The third-order valence-electron chi connectivity index (χ3n) is 3.54. The van der Waals surface area contributed by atoms with Crippen molar-refractivity contribution in [3.63, 3.8) is 0 Å². The van der Waals surface area contributed by atoms with Gasteiger partial charge in [-0.2, -0.15) is 0 Å². The minimum Gasteiger partial charge on any atom is -0.370 e. The van der Waals surface area contributed by atoms with Gasteiger partial charge in [0, 0.05) is 13.0 Å². The summed E-state index contributed by atoms with van der Waals surface area (Å²) < 4.78 is 5.93.